The first kappa shape index (κ1) is 10.3. The first-order chi connectivity index (χ1) is 7.84. The molecule has 1 fully saturated rings. The van der Waals surface area contributed by atoms with E-state index in [1.54, 1.807) is 0 Å². The lowest BCUT2D eigenvalue weighted by Gasteiger charge is -2.21. The molecule has 0 spiro atoms. The summed E-state index contributed by atoms with van der Waals surface area (Å²) < 4.78 is 8.47. The van der Waals surface area contributed by atoms with Crippen LogP contribution in [-0.2, 0) is 4.74 Å². The van der Waals surface area contributed by atoms with Gasteiger partial charge in [0.05, 0.1) is 29.4 Å². The maximum absolute atomic E-state index is 5.44. The lowest BCUT2D eigenvalue weighted by Crippen LogP contribution is -2.34. The van der Waals surface area contributed by atoms with Crippen LogP contribution in [0.4, 0.5) is 0 Å². The molecular formula is C11H12BrN3O. The highest BCUT2D eigenvalue weighted by atomic mass is 79.9. The second-order valence-electron chi connectivity index (χ2n) is 3.83. The molecule has 5 heteroatoms. The lowest BCUT2D eigenvalue weighted by atomic mass is 10.2. The summed E-state index contributed by atoms with van der Waals surface area (Å²) in [6.45, 7) is 2.37. The average Bonchev–Trinajstić information content (AvgIpc) is 2.76. The number of aromatic nitrogens is 2. The Morgan fingerprint density at radius 1 is 1.56 bits per heavy atom. The smallest absolute Gasteiger partial charge is 0.151 e. The minimum Gasteiger partial charge on any atom is -0.378 e. The number of ether oxygens (including phenoxy) is 1. The molecule has 1 N–H and O–H groups in total. The first-order valence-corrected chi connectivity index (χ1v) is 6.08. The van der Waals surface area contributed by atoms with E-state index in [2.05, 4.69) is 26.2 Å². The maximum atomic E-state index is 5.44. The highest BCUT2D eigenvalue weighted by Crippen LogP contribution is 2.21. The SMILES string of the molecule is Brc1cccn2cc(C3COCCN3)nc12. The van der Waals surface area contributed by atoms with Crippen molar-refractivity contribution in [3.63, 3.8) is 0 Å². The van der Waals surface area contributed by atoms with Crippen molar-refractivity contribution in [2.75, 3.05) is 19.8 Å². The van der Waals surface area contributed by atoms with E-state index in [0.29, 0.717) is 6.61 Å². The Kier molecular flexibility index (Phi) is 2.67. The predicted molar refractivity (Wildman–Crippen MR) is 64.5 cm³/mol. The number of fused-ring (bicyclic) bond motifs is 1. The van der Waals surface area contributed by atoms with E-state index in [0.717, 1.165) is 29.0 Å². The van der Waals surface area contributed by atoms with Crippen LogP contribution in [-0.4, -0.2) is 29.1 Å². The lowest BCUT2D eigenvalue weighted by molar-refractivity contribution is 0.0758. The van der Waals surface area contributed by atoms with Crippen LogP contribution in [0.5, 0.6) is 0 Å². The molecule has 2 aromatic rings. The average molecular weight is 282 g/mol. The summed E-state index contributed by atoms with van der Waals surface area (Å²) in [6, 6.07) is 4.20. The molecule has 84 valence electrons. The van der Waals surface area contributed by atoms with Crippen molar-refractivity contribution in [1.29, 1.82) is 0 Å². The minimum atomic E-state index is 0.209. The van der Waals surface area contributed by atoms with Crippen molar-refractivity contribution in [3.05, 3.63) is 34.7 Å². The fourth-order valence-corrected chi connectivity index (χ4v) is 2.37. The highest BCUT2D eigenvalue weighted by molar-refractivity contribution is 9.10. The van der Waals surface area contributed by atoms with Crippen LogP contribution in [0.15, 0.2) is 29.0 Å². The zero-order chi connectivity index (χ0) is 11.0. The van der Waals surface area contributed by atoms with Crippen molar-refractivity contribution in [2.45, 2.75) is 6.04 Å². The number of halogens is 1. The van der Waals surface area contributed by atoms with Crippen LogP contribution < -0.4 is 5.32 Å². The molecule has 0 aliphatic carbocycles. The number of hydrogen-bond acceptors (Lipinski definition) is 3. The summed E-state index contributed by atoms with van der Waals surface area (Å²) in [6.07, 6.45) is 4.05. The highest BCUT2D eigenvalue weighted by Gasteiger charge is 2.18. The van der Waals surface area contributed by atoms with E-state index in [1.807, 2.05) is 28.9 Å². The third-order valence-corrected chi connectivity index (χ3v) is 3.35. The Labute approximate surface area is 102 Å². The summed E-state index contributed by atoms with van der Waals surface area (Å²) in [5.41, 5.74) is 1.98. The van der Waals surface area contributed by atoms with Gasteiger partial charge in [0.2, 0.25) is 0 Å². The quantitative estimate of drug-likeness (QED) is 0.866. The van der Waals surface area contributed by atoms with Crippen LogP contribution in [0.1, 0.15) is 11.7 Å². The molecule has 4 nitrogen and oxygen atoms in total. The van der Waals surface area contributed by atoms with Crippen molar-refractivity contribution in [3.8, 4) is 0 Å². The van der Waals surface area contributed by atoms with Crippen molar-refractivity contribution >= 4 is 21.6 Å². The van der Waals surface area contributed by atoms with Gasteiger partial charge in [-0.1, -0.05) is 0 Å². The molecule has 1 saturated heterocycles. The Hall–Kier alpha value is -0.910. The number of imidazole rings is 1. The van der Waals surface area contributed by atoms with Gasteiger partial charge in [0, 0.05) is 18.9 Å². The number of nitrogens with zero attached hydrogens (tertiary/aromatic N) is 2. The standard InChI is InChI=1S/C11H12BrN3O/c12-8-2-1-4-15-6-9(14-11(8)15)10-7-16-5-3-13-10/h1-2,4,6,10,13H,3,5,7H2. The van der Waals surface area contributed by atoms with E-state index in [-0.39, 0.29) is 6.04 Å². The number of pyridine rings is 1. The molecule has 3 rings (SSSR count). The van der Waals surface area contributed by atoms with E-state index < -0.39 is 0 Å². The number of morpholine rings is 1. The monoisotopic (exact) mass is 281 g/mol. The molecule has 16 heavy (non-hydrogen) atoms. The van der Waals surface area contributed by atoms with Gasteiger partial charge in [0.15, 0.2) is 5.65 Å². The van der Waals surface area contributed by atoms with Gasteiger partial charge in [-0.2, -0.15) is 0 Å². The van der Waals surface area contributed by atoms with E-state index >= 15 is 0 Å². The molecule has 1 aliphatic heterocycles. The van der Waals surface area contributed by atoms with Gasteiger partial charge in [-0.25, -0.2) is 4.98 Å². The van der Waals surface area contributed by atoms with Gasteiger partial charge < -0.3 is 14.5 Å². The fourth-order valence-electron chi connectivity index (χ4n) is 1.92. The maximum Gasteiger partial charge on any atom is 0.151 e. The molecule has 3 heterocycles. The molecule has 1 atom stereocenters. The molecule has 0 radical (unpaired) electrons. The summed E-state index contributed by atoms with van der Waals surface area (Å²) in [7, 11) is 0. The third kappa shape index (κ3) is 1.75. The van der Waals surface area contributed by atoms with Crippen LogP contribution in [0.25, 0.3) is 5.65 Å². The summed E-state index contributed by atoms with van der Waals surface area (Å²) in [4.78, 5) is 4.61. The van der Waals surface area contributed by atoms with Crippen LogP contribution >= 0.6 is 15.9 Å². The van der Waals surface area contributed by atoms with Gasteiger partial charge in [-0.05, 0) is 28.1 Å². The van der Waals surface area contributed by atoms with Gasteiger partial charge in [0.1, 0.15) is 0 Å². The van der Waals surface area contributed by atoms with Crippen LogP contribution in [0.3, 0.4) is 0 Å². The number of rotatable bonds is 1. The molecular weight excluding hydrogens is 270 g/mol. The van der Waals surface area contributed by atoms with Crippen LogP contribution in [0.2, 0.25) is 0 Å². The normalized spacial score (nSPS) is 21.4. The van der Waals surface area contributed by atoms with Gasteiger partial charge in [-0.15, -0.1) is 0 Å². The third-order valence-electron chi connectivity index (χ3n) is 2.73. The Bertz CT molecular complexity index is 505. The molecule has 2 aromatic heterocycles. The van der Waals surface area contributed by atoms with Gasteiger partial charge in [-0.3, -0.25) is 0 Å². The zero-order valence-corrected chi connectivity index (χ0v) is 10.3. The largest absolute Gasteiger partial charge is 0.378 e. The molecule has 0 aromatic carbocycles. The zero-order valence-electron chi connectivity index (χ0n) is 8.69. The summed E-state index contributed by atoms with van der Waals surface area (Å²) >= 11 is 3.50. The minimum absolute atomic E-state index is 0.209. The van der Waals surface area contributed by atoms with E-state index in [1.165, 1.54) is 0 Å². The summed E-state index contributed by atoms with van der Waals surface area (Å²) in [5, 5.41) is 3.40. The molecule has 1 aliphatic rings. The first-order valence-electron chi connectivity index (χ1n) is 5.29. The Morgan fingerprint density at radius 3 is 3.25 bits per heavy atom. The molecule has 0 amide bonds. The molecule has 0 bridgehead atoms. The van der Waals surface area contributed by atoms with Crippen molar-refractivity contribution in [1.82, 2.24) is 14.7 Å². The van der Waals surface area contributed by atoms with E-state index in [9.17, 15) is 0 Å². The second-order valence-corrected chi connectivity index (χ2v) is 4.69. The summed E-state index contributed by atoms with van der Waals surface area (Å²) in [5.74, 6) is 0. The predicted octanol–water partition coefficient (Wildman–Crippen LogP) is 1.76. The second kappa shape index (κ2) is 4.16. The van der Waals surface area contributed by atoms with Crippen molar-refractivity contribution < 1.29 is 4.74 Å². The number of hydrogen-bond donors (Lipinski definition) is 1. The van der Waals surface area contributed by atoms with Gasteiger partial charge >= 0.3 is 0 Å². The topological polar surface area (TPSA) is 38.6 Å². The van der Waals surface area contributed by atoms with Gasteiger partial charge in [0.25, 0.3) is 0 Å². The molecule has 0 saturated carbocycles. The van der Waals surface area contributed by atoms with E-state index in [4.69, 9.17) is 4.74 Å². The Morgan fingerprint density at radius 2 is 2.50 bits per heavy atom. The number of nitrogens with one attached hydrogen (secondary N) is 1. The Balaban J connectivity index is 2.01. The molecule has 1 unspecified atom stereocenters. The van der Waals surface area contributed by atoms with Crippen molar-refractivity contribution in [2.24, 2.45) is 0 Å². The van der Waals surface area contributed by atoms with Crippen LogP contribution in [0, 0.1) is 0 Å². The fraction of sp³-hybridized carbons (Fsp3) is 0.364.